The van der Waals surface area contributed by atoms with Gasteiger partial charge in [0, 0.05) is 6.07 Å². The Hall–Kier alpha value is -1.86. The van der Waals surface area contributed by atoms with E-state index in [1.54, 1.807) is 18.2 Å². The van der Waals surface area contributed by atoms with Crippen molar-refractivity contribution in [2.24, 2.45) is 0 Å². The van der Waals surface area contributed by atoms with E-state index in [9.17, 15) is 10.1 Å². The number of hydrogen-bond donors (Lipinski definition) is 2. The molecule has 0 spiro atoms. The summed E-state index contributed by atoms with van der Waals surface area (Å²) in [5.74, 6) is 0.249. The SMILES string of the molecule is Nc1ccc([N+](=O)[O-])c(Nc2cccc(Cl)c2Br)n1. The number of nitrogens with two attached hydrogens (primary N) is 1. The minimum atomic E-state index is -0.534. The highest BCUT2D eigenvalue weighted by molar-refractivity contribution is 9.10. The molecule has 0 amide bonds. The van der Waals surface area contributed by atoms with Crippen LogP contribution in [0.5, 0.6) is 0 Å². The zero-order valence-corrected chi connectivity index (χ0v) is 11.8. The van der Waals surface area contributed by atoms with Crippen LogP contribution in [-0.2, 0) is 0 Å². The number of pyridine rings is 1. The molecule has 0 aliphatic carbocycles. The summed E-state index contributed by atoms with van der Waals surface area (Å²) >= 11 is 9.24. The molecule has 1 aromatic carbocycles. The molecule has 0 atom stereocenters. The van der Waals surface area contributed by atoms with Gasteiger partial charge in [-0.1, -0.05) is 17.7 Å². The van der Waals surface area contributed by atoms with Crippen LogP contribution in [0.15, 0.2) is 34.8 Å². The van der Waals surface area contributed by atoms with Crippen LogP contribution in [0.1, 0.15) is 0 Å². The topological polar surface area (TPSA) is 94.1 Å². The third kappa shape index (κ3) is 2.94. The lowest BCUT2D eigenvalue weighted by Crippen LogP contribution is -2.02. The molecule has 0 aliphatic heterocycles. The Morgan fingerprint density at radius 2 is 2.11 bits per heavy atom. The van der Waals surface area contributed by atoms with E-state index < -0.39 is 4.92 Å². The number of benzene rings is 1. The molecule has 2 aromatic rings. The summed E-state index contributed by atoms with van der Waals surface area (Å²) in [5, 5.41) is 14.2. The Kier molecular flexibility index (Phi) is 3.87. The van der Waals surface area contributed by atoms with Crippen LogP contribution >= 0.6 is 27.5 Å². The molecule has 98 valence electrons. The number of nitro groups is 1. The number of hydrogen-bond acceptors (Lipinski definition) is 5. The maximum absolute atomic E-state index is 10.9. The van der Waals surface area contributed by atoms with Crippen molar-refractivity contribution in [1.29, 1.82) is 0 Å². The van der Waals surface area contributed by atoms with Crippen LogP contribution in [0.3, 0.4) is 0 Å². The molecule has 2 rings (SSSR count). The molecular formula is C11H8BrClN4O2. The second-order valence-corrected chi connectivity index (χ2v) is 4.79. The van der Waals surface area contributed by atoms with Crippen molar-refractivity contribution < 1.29 is 4.92 Å². The number of nitrogens with one attached hydrogen (secondary N) is 1. The fraction of sp³-hybridized carbons (Fsp3) is 0. The summed E-state index contributed by atoms with van der Waals surface area (Å²) in [5.41, 5.74) is 5.94. The molecule has 0 fully saturated rings. The molecule has 19 heavy (non-hydrogen) atoms. The Morgan fingerprint density at radius 1 is 1.37 bits per heavy atom. The van der Waals surface area contributed by atoms with E-state index in [1.165, 1.54) is 12.1 Å². The number of nitrogens with zero attached hydrogens (tertiary/aromatic N) is 2. The third-order valence-corrected chi connectivity index (χ3v) is 3.69. The Morgan fingerprint density at radius 3 is 2.79 bits per heavy atom. The highest BCUT2D eigenvalue weighted by atomic mass is 79.9. The smallest absolute Gasteiger partial charge is 0.311 e. The highest BCUT2D eigenvalue weighted by Crippen LogP contribution is 2.34. The standard InChI is InChI=1S/C11H8BrClN4O2/c12-10-6(13)2-1-3-7(10)15-11-8(17(18)19)4-5-9(14)16-11/h1-5H,(H3,14,15,16). The lowest BCUT2D eigenvalue weighted by molar-refractivity contribution is -0.384. The Bertz CT molecular complexity index is 651. The second kappa shape index (κ2) is 5.41. The molecule has 0 saturated heterocycles. The maximum atomic E-state index is 10.9. The summed E-state index contributed by atoms with van der Waals surface area (Å²) in [6.45, 7) is 0. The fourth-order valence-electron chi connectivity index (χ4n) is 1.43. The fourth-order valence-corrected chi connectivity index (χ4v) is 1.97. The van der Waals surface area contributed by atoms with E-state index in [0.717, 1.165) is 0 Å². The van der Waals surface area contributed by atoms with Gasteiger partial charge in [-0.15, -0.1) is 0 Å². The van der Waals surface area contributed by atoms with E-state index in [1.807, 2.05) is 0 Å². The van der Waals surface area contributed by atoms with Crippen LogP contribution in [0.4, 0.5) is 23.0 Å². The van der Waals surface area contributed by atoms with Gasteiger partial charge in [-0.05, 0) is 34.1 Å². The number of aromatic nitrogens is 1. The summed E-state index contributed by atoms with van der Waals surface area (Å²) in [6.07, 6.45) is 0. The van der Waals surface area contributed by atoms with Crippen molar-refractivity contribution >= 4 is 50.5 Å². The Labute approximate surface area is 121 Å². The van der Waals surface area contributed by atoms with Crippen molar-refractivity contribution in [2.75, 3.05) is 11.1 Å². The average Bonchev–Trinajstić information content (AvgIpc) is 2.35. The summed E-state index contributed by atoms with van der Waals surface area (Å²) in [6, 6.07) is 7.79. The minimum Gasteiger partial charge on any atom is -0.384 e. The maximum Gasteiger partial charge on any atom is 0.311 e. The summed E-state index contributed by atoms with van der Waals surface area (Å²) < 4.78 is 0.593. The van der Waals surface area contributed by atoms with Crippen molar-refractivity contribution in [3.8, 4) is 0 Å². The van der Waals surface area contributed by atoms with Crippen molar-refractivity contribution in [2.45, 2.75) is 0 Å². The normalized spacial score (nSPS) is 10.2. The largest absolute Gasteiger partial charge is 0.384 e. The molecular weight excluding hydrogens is 336 g/mol. The molecule has 0 bridgehead atoms. The quantitative estimate of drug-likeness (QED) is 0.654. The van der Waals surface area contributed by atoms with Gasteiger partial charge in [0.1, 0.15) is 5.82 Å². The first-order chi connectivity index (χ1) is 8.99. The van der Waals surface area contributed by atoms with Crippen LogP contribution in [-0.4, -0.2) is 9.91 Å². The molecule has 0 radical (unpaired) electrons. The molecule has 0 saturated carbocycles. The zero-order chi connectivity index (χ0) is 14.0. The van der Waals surface area contributed by atoms with E-state index >= 15 is 0 Å². The summed E-state index contributed by atoms with van der Waals surface area (Å²) in [4.78, 5) is 14.3. The number of halogens is 2. The predicted molar refractivity (Wildman–Crippen MR) is 77.7 cm³/mol. The van der Waals surface area contributed by atoms with E-state index in [0.29, 0.717) is 15.2 Å². The highest BCUT2D eigenvalue weighted by Gasteiger charge is 2.17. The molecule has 3 N–H and O–H groups in total. The average molecular weight is 344 g/mol. The number of anilines is 3. The van der Waals surface area contributed by atoms with Gasteiger partial charge >= 0.3 is 5.69 Å². The van der Waals surface area contributed by atoms with Crippen LogP contribution in [0.25, 0.3) is 0 Å². The number of rotatable bonds is 3. The third-order valence-electron chi connectivity index (χ3n) is 2.30. The monoisotopic (exact) mass is 342 g/mol. The van der Waals surface area contributed by atoms with Gasteiger partial charge in [-0.2, -0.15) is 0 Å². The molecule has 6 nitrogen and oxygen atoms in total. The zero-order valence-electron chi connectivity index (χ0n) is 9.43. The minimum absolute atomic E-state index is 0.0629. The lowest BCUT2D eigenvalue weighted by atomic mass is 10.3. The molecule has 1 aromatic heterocycles. The summed E-state index contributed by atoms with van der Waals surface area (Å²) in [7, 11) is 0. The van der Waals surface area contributed by atoms with E-state index in [4.69, 9.17) is 17.3 Å². The van der Waals surface area contributed by atoms with E-state index in [2.05, 4.69) is 26.2 Å². The van der Waals surface area contributed by atoms with Gasteiger partial charge in [0.15, 0.2) is 0 Å². The van der Waals surface area contributed by atoms with Crippen LogP contribution < -0.4 is 11.1 Å². The molecule has 1 heterocycles. The second-order valence-electron chi connectivity index (χ2n) is 3.59. The van der Waals surface area contributed by atoms with Crippen molar-refractivity contribution in [3.63, 3.8) is 0 Å². The van der Waals surface area contributed by atoms with Gasteiger partial charge in [0.25, 0.3) is 0 Å². The first-order valence-electron chi connectivity index (χ1n) is 5.11. The van der Waals surface area contributed by atoms with Crippen molar-refractivity contribution in [3.05, 3.63) is 49.9 Å². The van der Waals surface area contributed by atoms with Crippen LogP contribution in [0, 0.1) is 10.1 Å². The number of nitrogen functional groups attached to an aromatic ring is 1. The van der Waals surface area contributed by atoms with Gasteiger partial charge in [0.05, 0.1) is 20.1 Å². The Balaban J connectivity index is 2.45. The predicted octanol–water partition coefficient (Wildman–Crippen LogP) is 3.73. The van der Waals surface area contributed by atoms with Crippen molar-refractivity contribution in [1.82, 2.24) is 4.98 Å². The molecule has 0 aliphatic rings. The first kappa shape index (κ1) is 13.6. The van der Waals surface area contributed by atoms with Crippen LogP contribution in [0.2, 0.25) is 5.02 Å². The molecule has 8 heteroatoms. The first-order valence-corrected chi connectivity index (χ1v) is 6.28. The van der Waals surface area contributed by atoms with Gasteiger partial charge in [0.2, 0.25) is 5.82 Å². The molecule has 0 unspecified atom stereocenters. The van der Waals surface area contributed by atoms with E-state index in [-0.39, 0.29) is 17.3 Å². The van der Waals surface area contributed by atoms with Gasteiger partial charge < -0.3 is 11.1 Å². The lowest BCUT2D eigenvalue weighted by Gasteiger charge is -2.09. The van der Waals surface area contributed by atoms with Gasteiger partial charge in [-0.25, -0.2) is 4.98 Å². The van der Waals surface area contributed by atoms with Gasteiger partial charge in [-0.3, -0.25) is 10.1 Å².